The van der Waals surface area contributed by atoms with E-state index in [1.165, 1.54) is 0 Å². The second-order valence-electron chi connectivity index (χ2n) is 6.02. The Bertz CT molecular complexity index is 426. The Kier molecular flexibility index (Phi) is 9.10. The highest BCUT2D eigenvalue weighted by atomic mass is 16.5. The highest BCUT2D eigenvalue weighted by Crippen LogP contribution is 2.19. The molecule has 0 radical (unpaired) electrons. The van der Waals surface area contributed by atoms with Crippen molar-refractivity contribution in [1.82, 2.24) is 5.32 Å². The van der Waals surface area contributed by atoms with E-state index in [0.717, 1.165) is 12.8 Å². The molecule has 0 bridgehead atoms. The molecule has 1 heterocycles. The van der Waals surface area contributed by atoms with Crippen LogP contribution in [-0.2, 0) is 19.1 Å². The first-order chi connectivity index (χ1) is 11.4. The maximum absolute atomic E-state index is 12.1. The van der Waals surface area contributed by atoms with Gasteiger partial charge in [-0.1, -0.05) is 0 Å². The number of amides is 3. The van der Waals surface area contributed by atoms with Gasteiger partial charge in [0, 0.05) is 13.2 Å². The summed E-state index contributed by atoms with van der Waals surface area (Å²) in [6.45, 7) is 1.55. The van der Waals surface area contributed by atoms with Crippen LogP contribution in [0.3, 0.4) is 0 Å². The van der Waals surface area contributed by atoms with Crippen LogP contribution in [0, 0.1) is 5.92 Å². The lowest BCUT2D eigenvalue weighted by Gasteiger charge is -2.25. The Morgan fingerprint density at radius 3 is 2.42 bits per heavy atom. The van der Waals surface area contributed by atoms with E-state index in [1.54, 1.807) is 0 Å². The minimum atomic E-state index is -0.839. The van der Waals surface area contributed by atoms with Crippen LogP contribution < -0.4 is 22.5 Å². The topological polar surface area (TPSA) is 160 Å². The third-order valence-electron chi connectivity index (χ3n) is 4.06. The average molecular weight is 344 g/mol. The van der Waals surface area contributed by atoms with Crippen molar-refractivity contribution in [1.29, 1.82) is 0 Å². The van der Waals surface area contributed by atoms with Gasteiger partial charge in [-0.05, 0) is 44.4 Å². The maximum atomic E-state index is 12.1. The second kappa shape index (κ2) is 10.8. The maximum Gasteiger partial charge on any atom is 0.404 e. The Morgan fingerprint density at radius 2 is 1.83 bits per heavy atom. The summed E-state index contributed by atoms with van der Waals surface area (Å²) in [5, 5.41) is 2.60. The second-order valence-corrected chi connectivity index (χ2v) is 6.02. The molecule has 2 atom stereocenters. The smallest absolute Gasteiger partial charge is 0.404 e. The van der Waals surface area contributed by atoms with Gasteiger partial charge in [0.25, 0.3) is 0 Å². The number of primary amides is 2. The summed E-state index contributed by atoms with van der Waals surface area (Å²) in [6, 6.07) is -1.46. The van der Waals surface area contributed by atoms with Crippen LogP contribution in [0.1, 0.15) is 38.5 Å². The minimum absolute atomic E-state index is 0.165. The van der Waals surface area contributed by atoms with Crippen molar-refractivity contribution in [2.45, 2.75) is 50.6 Å². The first kappa shape index (κ1) is 20.2. The van der Waals surface area contributed by atoms with Crippen molar-refractivity contribution < 1.29 is 23.9 Å². The van der Waals surface area contributed by atoms with Crippen molar-refractivity contribution in [3.63, 3.8) is 0 Å². The zero-order valence-corrected chi connectivity index (χ0v) is 13.9. The minimum Gasteiger partial charge on any atom is -0.450 e. The molecule has 1 fully saturated rings. The van der Waals surface area contributed by atoms with E-state index in [4.69, 9.17) is 21.9 Å². The molecule has 1 aliphatic rings. The Labute approximate surface area is 141 Å². The molecule has 0 aromatic heterocycles. The molecule has 138 valence electrons. The summed E-state index contributed by atoms with van der Waals surface area (Å²) in [5.41, 5.74) is 16.1. The number of hydrogen-bond acceptors (Lipinski definition) is 6. The first-order valence-corrected chi connectivity index (χ1v) is 8.25. The van der Waals surface area contributed by atoms with E-state index < -0.39 is 24.1 Å². The Balaban J connectivity index is 2.32. The Hall–Kier alpha value is -1.87. The van der Waals surface area contributed by atoms with Crippen LogP contribution >= 0.6 is 0 Å². The summed E-state index contributed by atoms with van der Waals surface area (Å²) in [7, 11) is 0. The third kappa shape index (κ3) is 8.11. The number of hydrogen-bond donors (Lipinski definition) is 4. The van der Waals surface area contributed by atoms with E-state index in [9.17, 15) is 14.4 Å². The van der Waals surface area contributed by atoms with Crippen LogP contribution in [-0.4, -0.2) is 49.8 Å². The molecule has 0 aromatic carbocycles. The number of carbonyl (C=O) groups is 3. The normalized spacial score (nSPS) is 17.7. The standard InChI is InChI=1S/C15H28N4O5/c16-11(9-10-4-7-23-8-5-10)14(21)19-12(13(17)20)3-1-2-6-24-15(18)22/h10-12H,1-9,16H2,(H2,17,20)(H2,18,22)(H,19,21)/t11-,12-/m0/s1. The number of nitrogens with two attached hydrogens (primary N) is 3. The summed E-state index contributed by atoms with van der Waals surface area (Å²) >= 11 is 0. The molecule has 1 aliphatic heterocycles. The summed E-state index contributed by atoms with van der Waals surface area (Å²) in [6.07, 6.45) is 2.93. The molecule has 0 unspecified atom stereocenters. The van der Waals surface area contributed by atoms with Gasteiger partial charge in [-0.15, -0.1) is 0 Å². The average Bonchev–Trinajstić information content (AvgIpc) is 2.53. The monoisotopic (exact) mass is 344 g/mol. The molecule has 0 spiro atoms. The molecular weight excluding hydrogens is 316 g/mol. The van der Waals surface area contributed by atoms with Gasteiger partial charge in [0.1, 0.15) is 6.04 Å². The highest BCUT2D eigenvalue weighted by Gasteiger charge is 2.25. The van der Waals surface area contributed by atoms with Crippen molar-refractivity contribution in [2.75, 3.05) is 19.8 Å². The number of unbranched alkanes of at least 4 members (excludes halogenated alkanes) is 1. The van der Waals surface area contributed by atoms with Gasteiger partial charge >= 0.3 is 6.09 Å². The van der Waals surface area contributed by atoms with Crippen LogP contribution in [0.2, 0.25) is 0 Å². The molecule has 0 saturated carbocycles. The van der Waals surface area contributed by atoms with Crippen molar-refractivity contribution in [3.8, 4) is 0 Å². The van der Waals surface area contributed by atoms with E-state index in [0.29, 0.717) is 44.8 Å². The molecule has 24 heavy (non-hydrogen) atoms. The summed E-state index contributed by atoms with van der Waals surface area (Å²) in [4.78, 5) is 34.0. The summed E-state index contributed by atoms with van der Waals surface area (Å²) in [5.74, 6) is -0.631. The first-order valence-electron chi connectivity index (χ1n) is 8.25. The predicted octanol–water partition coefficient (Wildman–Crippen LogP) is -0.634. The van der Waals surface area contributed by atoms with E-state index in [1.807, 2.05) is 0 Å². The zero-order valence-electron chi connectivity index (χ0n) is 13.9. The quantitative estimate of drug-likeness (QED) is 0.386. The lowest BCUT2D eigenvalue weighted by atomic mass is 9.92. The molecule has 0 aliphatic carbocycles. The van der Waals surface area contributed by atoms with Gasteiger partial charge < -0.3 is 32.0 Å². The molecule has 7 N–H and O–H groups in total. The predicted molar refractivity (Wildman–Crippen MR) is 86.6 cm³/mol. The van der Waals surface area contributed by atoms with Gasteiger partial charge in [0.05, 0.1) is 12.6 Å². The number of rotatable bonds is 10. The van der Waals surface area contributed by atoms with Crippen LogP contribution in [0.15, 0.2) is 0 Å². The van der Waals surface area contributed by atoms with Gasteiger partial charge in [-0.25, -0.2) is 4.79 Å². The number of ether oxygens (including phenoxy) is 2. The van der Waals surface area contributed by atoms with E-state index in [2.05, 4.69) is 10.1 Å². The molecule has 1 saturated heterocycles. The molecule has 9 nitrogen and oxygen atoms in total. The molecular formula is C15H28N4O5. The molecule has 0 aromatic rings. The van der Waals surface area contributed by atoms with Crippen molar-refractivity contribution in [3.05, 3.63) is 0 Å². The molecule has 1 rings (SSSR count). The summed E-state index contributed by atoms with van der Waals surface area (Å²) < 4.78 is 9.87. The highest BCUT2D eigenvalue weighted by molar-refractivity contribution is 5.88. The SMILES string of the molecule is NC(=O)OCCCC[C@H](NC(=O)[C@@H](N)CC1CCOCC1)C(N)=O. The van der Waals surface area contributed by atoms with E-state index in [-0.39, 0.29) is 12.5 Å². The lowest BCUT2D eigenvalue weighted by Crippen LogP contribution is -2.51. The fourth-order valence-electron chi connectivity index (χ4n) is 2.64. The molecule has 9 heteroatoms. The fourth-order valence-corrected chi connectivity index (χ4v) is 2.64. The fraction of sp³-hybridized carbons (Fsp3) is 0.800. The van der Waals surface area contributed by atoms with Crippen LogP contribution in [0.25, 0.3) is 0 Å². The van der Waals surface area contributed by atoms with Crippen LogP contribution in [0.5, 0.6) is 0 Å². The third-order valence-corrected chi connectivity index (χ3v) is 4.06. The van der Waals surface area contributed by atoms with Crippen molar-refractivity contribution in [2.24, 2.45) is 23.1 Å². The van der Waals surface area contributed by atoms with Gasteiger partial charge in [0.15, 0.2) is 0 Å². The number of carbonyl (C=O) groups excluding carboxylic acids is 3. The van der Waals surface area contributed by atoms with Gasteiger partial charge in [-0.2, -0.15) is 0 Å². The Morgan fingerprint density at radius 1 is 1.17 bits per heavy atom. The number of nitrogens with one attached hydrogen (secondary N) is 1. The molecule has 3 amide bonds. The van der Waals surface area contributed by atoms with E-state index >= 15 is 0 Å². The van der Waals surface area contributed by atoms with Crippen molar-refractivity contribution >= 4 is 17.9 Å². The zero-order chi connectivity index (χ0) is 17.9. The largest absolute Gasteiger partial charge is 0.450 e. The lowest BCUT2D eigenvalue weighted by molar-refractivity contribution is -0.128. The van der Waals surface area contributed by atoms with Crippen LogP contribution in [0.4, 0.5) is 4.79 Å². The van der Waals surface area contributed by atoms with Gasteiger partial charge in [-0.3, -0.25) is 9.59 Å². The van der Waals surface area contributed by atoms with Gasteiger partial charge in [0.2, 0.25) is 11.8 Å².